The highest BCUT2D eigenvalue weighted by Crippen LogP contribution is 2.20. The van der Waals surface area contributed by atoms with Crippen LogP contribution in [0.25, 0.3) is 0 Å². The minimum Gasteiger partial charge on any atom is -0.378 e. The number of nitrogens with zero attached hydrogens (tertiary/aromatic N) is 2. The lowest BCUT2D eigenvalue weighted by Gasteiger charge is -2.36. The van der Waals surface area contributed by atoms with E-state index < -0.39 is 0 Å². The van der Waals surface area contributed by atoms with Crippen LogP contribution in [0.4, 0.5) is 4.79 Å². The maximum Gasteiger partial charge on any atom is 0.317 e. The topological polar surface area (TPSA) is 61.9 Å². The molecule has 6 heteroatoms. The summed E-state index contributed by atoms with van der Waals surface area (Å²) < 4.78 is 5.29. The SMILES string of the molecule is CCC(CC)NC(=O)N1CCC(C(=O)N2CCOCC2)CC1. The third-order valence-electron chi connectivity index (χ3n) is 4.77. The molecule has 0 bridgehead atoms. The monoisotopic (exact) mass is 311 g/mol. The third-order valence-corrected chi connectivity index (χ3v) is 4.77. The molecule has 126 valence electrons. The Labute approximate surface area is 133 Å². The molecule has 22 heavy (non-hydrogen) atoms. The summed E-state index contributed by atoms with van der Waals surface area (Å²) in [4.78, 5) is 28.4. The molecule has 2 saturated heterocycles. The lowest BCUT2D eigenvalue weighted by molar-refractivity contribution is -0.141. The number of amides is 3. The normalized spacial score (nSPS) is 20.3. The van der Waals surface area contributed by atoms with E-state index in [-0.39, 0.29) is 23.9 Å². The molecule has 0 atom stereocenters. The van der Waals surface area contributed by atoms with E-state index >= 15 is 0 Å². The fraction of sp³-hybridized carbons (Fsp3) is 0.875. The Morgan fingerprint density at radius 3 is 2.18 bits per heavy atom. The molecule has 0 aromatic rings. The van der Waals surface area contributed by atoms with Gasteiger partial charge in [0.25, 0.3) is 0 Å². The number of carbonyl (C=O) groups excluding carboxylic acids is 2. The van der Waals surface area contributed by atoms with Gasteiger partial charge >= 0.3 is 6.03 Å². The summed E-state index contributed by atoms with van der Waals surface area (Å²) in [6.45, 7) is 8.20. The van der Waals surface area contributed by atoms with Crippen LogP contribution in [0.5, 0.6) is 0 Å². The number of ether oxygens (including phenoxy) is 1. The van der Waals surface area contributed by atoms with Crippen molar-refractivity contribution >= 4 is 11.9 Å². The first kappa shape index (κ1) is 17.1. The number of hydrogen-bond acceptors (Lipinski definition) is 3. The zero-order valence-electron chi connectivity index (χ0n) is 13.8. The Hall–Kier alpha value is -1.30. The fourth-order valence-corrected chi connectivity index (χ4v) is 3.13. The van der Waals surface area contributed by atoms with Gasteiger partial charge in [-0.05, 0) is 25.7 Å². The van der Waals surface area contributed by atoms with Crippen LogP contribution in [0.2, 0.25) is 0 Å². The largest absolute Gasteiger partial charge is 0.378 e. The molecule has 2 rings (SSSR count). The van der Waals surface area contributed by atoms with Gasteiger partial charge in [-0.15, -0.1) is 0 Å². The maximum atomic E-state index is 12.5. The molecule has 6 nitrogen and oxygen atoms in total. The summed E-state index contributed by atoms with van der Waals surface area (Å²) in [7, 11) is 0. The van der Waals surface area contributed by atoms with Gasteiger partial charge in [0, 0.05) is 38.1 Å². The average Bonchev–Trinajstić information content (AvgIpc) is 2.59. The Balaban J connectivity index is 1.77. The van der Waals surface area contributed by atoms with Crippen molar-refractivity contribution < 1.29 is 14.3 Å². The Kier molecular flexibility index (Phi) is 6.49. The average molecular weight is 311 g/mol. The number of hydrogen-bond donors (Lipinski definition) is 1. The van der Waals surface area contributed by atoms with Crippen LogP contribution in [0.1, 0.15) is 39.5 Å². The highest BCUT2D eigenvalue weighted by atomic mass is 16.5. The zero-order chi connectivity index (χ0) is 15.9. The second kappa shape index (κ2) is 8.36. The van der Waals surface area contributed by atoms with E-state index in [0.29, 0.717) is 39.4 Å². The van der Waals surface area contributed by atoms with E-state index in [2.05, 4.69) is 19.2 Å². The molecular formula is C16H29N3O3. The molecule has 3 amide bonds. The molecule has 2 aliphatic heterocycles. The van der Waals surface area contributed by atoms with Gasteiger partial charge in [-0.1, -0.05) is 13.8 Å². The molecule has 0 spiro atoms. The number of nitrogens with one attached hydrogen (secondary N) is 1. The maximum absolute atomic E-state index is 12.5. The van der Waals surface area contributed by atoms with Crippen molar-refractivity contribution in [1.29, 1.82) is 0 Å². The summed E-state index contributed by atoms with van der Waals surface area (Å²) in [5, 5.41) is 3.07. The molecule has 0 aliphatic carbocycles. The number of piperidine rings is 1. The number of carbonyl (C=O) groups is 2. The fourth-order valence-electron chi connectivity index (χ4n) is 3.13. The van der Waals surface area contributed by atoms with Crippen LogP contribution in [0, 0.1) is 5.92 Å². The summed E-state index contributed by atoms with van der Waals surface area (Å²) in [5.74, 6) is 0.304. The minimum absolute atomic E-state index is 0.0194. The number of morpholine rings is 1. The van der Waals surface area contributed by atoms with E-state index in [1.807, 2.05) is 9.80 Å². The van der Waals surface area contributed by atoms with Crippen molar-refractivity contribution in [1.82, 2.24) is 15.1 Å². The highest BCUT2D eigenvalue weighted by molar-refractivity contribution is 5.80. The predicted molar refractivity (Wildman–Crippen MR) is 84.6 cm³/mol. The lowest BCUT2D eigenvalue weighted by Crippen LogP contribution is -2.50. The molecule has 0 unspecified atom stereocenters. The molecule has 2 fully saturated rings. The van der Waals surface area contributed by atoms with Gasteiger partial charge < -0.3 is 19.9 Å². The standard InChI is InChI=1S/C16H29N3O3/c1-3-14(4-2)17-16(21)19-7-5-13(6-8-19)15(20)18-9-11-22-12-10-18/h13-14H,3-12H2,1-2H3,(H,17,21). The third kappa shape index (κ3) is 4.35. The second-order valence-corrected chi connectivity index (χ2v) is 6.16. The Bertz CT molecular complexity index is 371. The van der Waals surface area contributed by atoms with Crippen molar-refractivity contribution in [3.05, 3.63) is 0 Å². The van der Waals surface area contributed by atoms with Crippen LogP contribution in [0.15, 0.2) is 0 Å². The van der Waals surface area contributed by atoms with Gasteiger partial charge in [0.1, 0.15) is 0 Å². The van der Waals surface area contributed by atoms with Crippen LogP contribution in [-0.4, -0.2) is 67.2 Å². The summed E-state index contributed by atoms with van der Waals surface area (Å²) in [6, 6.07) is 0.270. The number of rotatable bonds is 4. The summed E-state index contributed by atoms with van der Waals surface area (Å²) >= 11 is 0. The summed E-state index contributed by atoms with van der Waals surface area (Å²) in [6.07, 6.45) is 3.45. The first-order valence-electron chi connectivity index (χ1n) is 8.57. The molecule has 2 heterocycles. The Morgan fingerprint density at radius 2 is 1.64 bits per heavy atom. The van der Waals surface area contributed by atoms with Crippen molar-refractivity contribution in [2.45, 2.75) is 45.6 Å². The van der Waals surface area contributed by atoms with E-state index in [0.717, 1.165) is 25.7 Å². The van der Waals surface area contributed by atoms with Crippen molar-refractivity contribution in [3.63, 3.8) is 0 Å². The van der Waals surface area contributed by atoms with Crippen LogP contribution < -0.4 is 5.32 Å². The van der Waals surface area contributed by atoms with Gasteiger partial charge in [0.05, 0.1) is 13.2 Å². The molecule has 1 N–H and O–H groups in total. The number of likely N-dealkylation sites (tertiary alicyclic amines) is 1. The molecular weight excluding hydrogens is 282 g/mol. The van der Waals surface area contributed by atoms with E-state index in [1.54, 1.807) is 0 Å². The van der Waals surface area contributed by atoms with Gasteiger partial charge in [-0.25, -0.2) is 4.79 Å². The molecule has 0 radical (unpaired) electrons. The molecule has 2 aliphatic rings. The van der Waals surface area contributed by atoms with Crippen LogP contribution in [-0.2, 0) is 9.53 Å². The second-order valence-electron chi connectivity index (χ2n) is 6.16. The molecule has 0 aromatic carbocycles. The minimum atomic E-state index is 0.0194. The van der Waals surface area contributed by atoms with E-state index in [9.17, 15) is 9.59 Å². The predicted octanol–water partition coefficient (Wildman–Crippen LogP) is 1.46. The van der Waals surface area contributed by atoms with Crippen LogP contribution in [0.3, 0.4) is 0 Å². The van der Waals surface area contributed by atoms with Gasteiger partial charge in [0.15, 0.2) is 0 Å². The van der Waals surface area contributed by atoms with E-state index in [4.69, 9.17) is 4.74 Å². The smallest absolute Gasteiger partial charge is 0.317 e. The van der Waals surface area contributed by atoms with Crippen molar-refractivity contribution in [2.75, 3.05) is 39.4 Å². The first-order valence-corrected chi connectivity index (χ1v) is 8.57. The van der Waals surface area contributed by atoms with Gasteiger partial charge in [0.2, 0.25) is 5.91 Å². The van der Waals surface area contributed by atoms with Crippen molar-refractivity contribution in [2.24, 2.45) is 5.92 Å². The summed E-state index contributed by atoms with van der Waals surface area (Å²) in [5.41, 5.74) is 0. The Morgan fingerprint density at radius 1 is 1.05 bits per heavy atom. The van der Waals surface area contributed by atoms with Crippen LogP contribution >= 0.6 is 0 Å². The quantitative estimate of drug-likeness (QED) is 0.855. The molecule has 0 aromatic heterocycles. The molecule has 0 saturated carbocycles. The van der Waals surface area contributed by atoms with Gasteiger partial charge in [-0.3, -0.25) is 4.79 Å². The zero-order valence-corrected chi connectivity index (χ0v) is 13.8. The van der Waals surface area contributed by atoms with E-state index in [1.165, 1.54) is 0 Å². The highest BCUT2D eigenvalue weighted by Gasteiger charge is 2.31. The number of urea groups is 1. The first-order chi connectivity index (χ1) is 10.7. The van der Waals surface area contributed by atoms with Gasteiger partial charge in [-0.2, -0.15) is 0 Å². The lowest BCUT2D eigenvalue weighted by atomic mass is 9.95. The van der Waals surface area contributed by atoms with Crippen molar-refractivity contribution in [3.8, 4) is 0 Å².